The van der Waals surface area contributed by atoms with E-state index in [1.807, 2.05) is 12.4 Å². The molecule has 0 spiro atoms. The summed E-state index contributed by atoms with van der Waals surface area (Å²) in [6.07, 6.45) is 10.5. The first-order chi connectivity index (χ1) is 7.14. The molecule has 15 heavy (non-hydrogen) atoms. The summed E-state index contributed by atoms with van der Waals surface area (Å²) < 4.78 is 0. The molecule has 0 saturated heterocycles. The predicted molar refractivity (Wildman–Crippen MR) is 65.1 cm³/mol. The fourth-order valence-corrected chi connectivity index (χ4v) is 1.29. The normalized spacial score (nSPS) is 15.1. The zero-order valence-corrected chi connectivity index (χ0v) is 9.04. The van der Waals surface area contributed by atoms with Gasteiger partial charge in [-0.3, -0.25) is 4.79 Å². The summed E-state index contributed by atoms with van der Waals surface area (Å²) in [7, 11) is 0. The molecule has 1 atom stereocenters. The highest BCUT2D eigenvalue weighted by molar-refractivity contribution is 5.71. The van der Waals surface area contributed by atoms with Crippen LogP contribution in [0.1, 0.15) is 19.3 Å². The van der Waals surface area contributed by atoms with Gasteiger partial charge in [0.15, 0.2) is 0 Å². The van der Waals surface area contributed by atoms with Gasteiger partial charge in [0.2, 0.25) is 6.29 Å². The molecule has 2 nitrogen and oxygen atoms in total. The molecule has 0 aromatic carbocycles. The van der Waals surface area contributed by atoms with Crippen molar-refractivity contribution in [1.82, 2.24) is 0 Å². The second kappa shape index (κ2) is 6.96. The smallest absolute Gasteiger partial charge is 0.224 e. The lowest BCUT2D eigenvalue weighted by Crippen LogP contribution is -2.43. The van der Waals surface area contributed by atoms with E-state index in [9.17, 15) is 4.79 Å². The van der Waals surface area contributed by atoms with E-state index in [0.717, 1.165) is 5.57 Å². The Bertz CT molecular complexity index is 278. The largest absolute Gasteiger partial charge is 0.315 e. The average Bonchev–Trinajstić information content (AvgIpc) is 2.24. The highest BCUT2D eigenvalue weighted by Crippen LogP contribution is 2.21. The molecule has 1 unspecified atom stereocenters. The third-order valence-corrected chi connectivity index (χ3v) is 2.12. The van der Waals surface area contributed by atoms with Gasteiger partial charge >= 0.3 is 0 Å². The molecule has 0 bridgehead atoms. The van der Waals surface area contributed by atoms with Crippen molar-refractivity contribution in [3.8, 4) is 0 Å². The summed E-state index contributed by atoms with van der Waals surface area (Å²) in [5.74, 6) is 0. The molecular formula is C13H18NO. The van der Waals surface area contributed by atoms with Gasteiger partial charge in [-0.2, -0.15) is 0 Å². The van der Waals surface area contributed by atoms with Crippen molar-refractivity contribution < 1.29 is 4.79 Å². The van der Waals surface area contributed by atoms with Crippen LogP contribution < -0.4 is 5.73 Å². The lowest BCUT2D eigenvalue weighted by Gasteiger charge is -2.23. The average molecular weight is 212 g/mol. The van der Waals surface area contributed by atoms with Crippen LogP contribution in [0.2, 0.25) is 0 Å². The van der Waals surface area contributed by atoms with E-state index in [-0.39, 0.29) is 0 Å². The standard InChI is InChI=1S/C13H18NO/c1-4-7-9-12(8-5-2)13(14,11-15)10-6-3/h4-6,9H,1-3,7-8,10,14H2/i7+2,8+2,10+2,13+2. The number of allylic oxidation sites excluding steroid dienone is 3. The van der Waals surface area contributed by atoms with Gasteiger partial charge in [0, 0.05) is 0 Å². The maximum absolute atomic E-state index is 10.9. The van der Waals surface area contributed by atoms with Crippen molar-refractivity contribution in [2.45, 2.75) is 24.8 Å². The SMILES string of the molecule is C=C[14CH2]C=C([14CH2]C=C)[14C](N)([C]=O)[14CH2]C=C. The highest BCUT2D eigenvalue weighted by atomic mass is 16.2. The molecular weight excluding hydrogens is 194 g/mol. The summed E-state index contributed by atoms with van der Waals surface area (Å²) in [6, 6.07) is 0. The molecule has 0 rings (SSSR count). The molecule has 81 valence electrons. The maximum Gasteiger partial charge on any atom is 0.224 e. The predicted octanol–water partition coefficient (Wildman–Crippen LogP) is 2.45. The van der Waals surface area contributed by atoms with Crippen LogP contribution in [-0.2, 0) is 4.79 Å². The molecule has 0 fully saturated rings. The van der Waals surface area contributed by atoms with E-state index in [0.29, 0.717) is 19.3 Å². The van der Waals surface area contributed by atoms with Gasteiger partial charge in [-0.25, -0.2) is 0 Å². The van der Waals surface area contributed by atoms with Crippen LogP contribution in [-0.4, -0.2) is 11.8 Å². The van der Waals surface area contributed by atoms with Crippen molar-refractivity contribution in [3.63, 3.8) is 0 Å². The van der Waals surface area contributed by atoms with Gasteiger partial charge in [0.25, 0.3) is 0 Å². The molecule has 2 N–H and O–H groups in total. The summed E-state index contributed by atoms with van der Waals surface area (Å²) in [5.41, 5.74) is 5.68. The topological polar surface area (TPSA) is 43.1 Å². The number of hydrogen-bond acceptors (Lipinski definition) is 2. The summed E-state index contributed by atoms with van der Waals surface area (Å²) in [6.45, 7) is 10.8. The van der Waals surface area contributed by atoms with E-state index in [1.165, 1.54) is 0 Å². The third-order valence-electron chi connectivity index (χ3n) is 2.12. The van der Waals surface area contributed by atoms with E-state index in [1.54, 1.807) is 18.2 Å². The van der Waals surface area contributed by atoms with Gasteiger partial charge in [-0.1, -0.05) is 24.3 Å². The second-order valence-corrected chi connectivity index (χ2v) is 3.31. The van der Waals surface area contributed by atoms with E-state index in [2.05, 4.69) is 19.7 Å². The Kier molecular flexibility index (Phi) is 6.30. The molecule has 2 heteroatoms. The molecule has 0 aromatic heterocycles. The molecule has 0 amide bonds. The molecule has 0 aliphatic carbocycles. The van der Waals surface area contributed by atoms with Crippen LogP contribution in [0.15, 0.2) is 49.6 Å². The van der Waals surface area contributed by atoms with Crippen LogP contribution in [0, 0.1) is 0 Å². The number of rotatable bonds is 8. The molecule has 0 saturated carbocycles. The van der Waals surface area contributed by atoms with E-state index in [4.69, 9.17) is 5.73 Å². The lowest BCUT2D eigenvalue weighted by molar-refractivity contribution is 0.508. The highest BCUT2D eigenvalue weighted by Gasteiger charge is 2.27. The van der Waals surface area contributed by atoms with Crippen LogP contribution >= 0.6 is 0 Å². The van der Waals surface area contributed by atoms with Crippen molar-refractivity contribution in [1.29, 1.82) is 0 Å². The Hall–Kier alpha value is -1.41. The second-order valence-electron chi connectivity index (χ2n) is 3.31. The van der Waals surface area contributed by atoms with Crippen molar-refractivity contribution in [2.75, 3.05) is 0 Å². The van der Waals surface area contributed by atoms with Gasteiger partial charge in [-0.05, 0) is 24.8 Å². The quantitative estimate of drug-likeness (QED) is 0.628. The Morgan fingerprint density at radius 2 is 1.93 bits per heavy atom. The number of nitrogens with two attached hydrogens (primary N) is 1. The number of hydrogen-bond donors (Lipinski definition) is 1. The van der Waals surface area contributed by atoms with E-state index >= 15 is 0 Å². The van der Waals surface area contributed by atoms with Crippen molar-refractivity contribution in [3.05, 3.63) is 49.6 Å². The minimum absolute atomic E-state index is 0.382. The summed E-state index contributed by atoms with van der Waals surface area (Å²) in [4.78, 5) is 10.9. The fourth-order valence-electron chi connectivity index (χ4n) is 1.29. The number of carbonyl (C=O) groups excluding carboxylic acids is 1. The Morgan fingerprint density at radius 3 is 2.33 bits per heavy atom. The van der Waals surface area contributed by atoms with Crippen LogP contribution in [0.3, 0.4) is 0 Å². The van der Waals surface area contributed by atoms with Gasteiger partial charge in [-0.15, -0.1) is 19.7 Å². The Morgan fingerprint density at radius 1 is 1.27 bits per heavy atom. The van der Waals surface area contributed by atoms with Gasteiger partial charge in [0.05, 0.1) is 0 Å². The Balaban J connectivity index is 4.97. The molecule has 0 aliphatic heterocycles. The van der Waals surface area contributed by atoms with Crippen molar-refractivity contribution in [2.24, 2.45) is 5.73 Å². The first-order valence-electron chi connectivity index (χ1n) is 4.85. The third kappa shape index (κ3) is 4.09. The van der Waals surface area contributed by atoms with Crippen LogP contribution in [0.4, 0.5) is 0 Å². The summed E-state index contributed by atoms with van der Waals surface area (Å²) >= 11 is 0. The molecule has 0 heterocycles. The van der Waals surface area contributed by atoms with Gasteiger partial charge < -0.3 is 5.73 Å². The molecule has 0 aliphatic rings. The van der Waals surface area contributed by atoms with Crippen LogP contribution in [0.25, 0.3) is 0 Å². The Labute approximate surface area is 91.9 Å². The molecule has 1 radical (unpaired) electrons. The minimum atomic E-state index is -1.07. The fraction of sp³-hybridized carbons (Fsp3) is 0.308. The zero-order valence-electron chi connectivity index (χ0n) is 9.04. The zero-order chi connectivity index (χ0) is 11.7. The lowest BCUT2D eigenvalue weighted by atomic mass is 10.6. The first kappa shape index (κ1) is 13.6. The molecule has 0 aromatic rings. The monoisotopic (exact) mass is 212 g/mol. The van der Waals surface area contributed by atoms with Gasteiger partial charge in [0.1, 0.15) is 5.54 Å². The summed E-state index contributed by atoms with van der Waals surface area (Å²) in [5, 5.41) is 0. The van der Waals surface area contributed by atoms with E-state index < -0.39 is 5.54 Å². The maximum atomic E-state index is 10.9. The minimum Gasteiger partial charge on any atom is -0.315 e. The van der Waals surface area contributed by atoms with Crippen molar-refractivity contribution >= 4 is 6.29 Å². The van der Waals surface area contributed by atoms with Crippen LogP contribution in [0.5, 0.6) is 0 Å². The first-order valence-corrected chi connectivity index (χ1v) is 4.85.